The Hall–Kier alpha value is -3.65. The van der Waals surface area contributed by atoms with Gasteiger partial charge in [-0.1, -0.05) is 42.5 Å². The molecule has 0 N–H and O–H groups in total. The molecule has 0 aliphatic carbocycles. The van der Waals surface area contributed by atoms with E-state index in [-0.39, 0.29) is 22.4 Å². The van der Waals surface area contributed by atoms with E-state index in [0.29, 0.717) is 11.3 Å². The van der Waals surface area contributed by atoms with Crippen LogP contribution in [-0.2, 0) is 11.3 Å². The van der Waals surface area contributed by atoms with Crippen molar-refractivity contribution in [3.8, 4) is 5.75 Å². The Morgan fingerprint density at radius 3 is 2.63 bits per heavy atom. The number of methoxy groups -OCH3 is 1. The summed E-state index contributed by atoms with van der Waals surface area (Å²) in [5.74, 6) is -0.0621. The number of thioether (sulfide) groups is 1. The van der Waals surface area contributed by atoms with E-state index in [4.69, 9.17) is 4.74 Å². The molecule has 0 spiro atoms. The number of hydrogen-bond acceptors (Lipinski definition) is 6. The number of carbonyl (C=O) groups is 2. The number of nitrogens with zero attached hydrogens (tertiary/aromatic N) is 2. The number of imide groups is 1. The number of benzene rings is 3. The van der Waals surface area contributed by atoms with Gasteiger partial charge in [-0.2, -0.15) is 0 Å². The average molecular weight is 420 g/mol. The van der Waals surface area contributed by atoms with Gasteiger partial charge in [0.1, 0.15) is 5.75 Å². The number of amides is 2. The Morgan fingerprint density at radius 2 is 1.87 bits per heavy atom. The van der Waals surface area contributed by atoms with Crippen LogP contribution in [0.5, 0.6) is 5.75 Å². The van der Waals surface area contributed by atoms with Gasteiger partial charge < -0.3 is 4.74 Å². The van der Waals surface area contributed by atoms with Gasteiger partial charge in [0, 0.05) is 17.7 Å². The zero-order valence-corrected chi connectivity index (χ0v) is 16.7. The van der Waals surface area contributed by atoms with Crippen molar-refractivity contribution in [2.75, 3.05) is 7.11 Å². The van der Waals surface area contributed by atoms with E-state index in [9.17, 15) is 19.7 Å². The number of hydrogen-bond donors (Lipinski definition) is 0. The van der Waals surface area contributed by atoms with Crippen LogP contribution in [-0.4, -0.2) is 28.1 Å². The predicted molar refractivity (Wildman–Crippen MR) is 115 cm³/mol. The summed E-state index contributed by atoms with van der Waals surface area (Å²) >= 11 is 0.808. The van der Waals surface area contributed by atoms with E-state index in [0.717, 1.165) is 28.1 Å². The maximum Gasteiger partial charge on any atom is 0.293 e. The number of rotatable bonds is 5. The van der Waals surface area contributed by atoms with Crippen molar-refractivity contribution in [2.45, 2.75) is 6.54 Å². The molecule has 150 valence electrons. The van der Waals surface area contributed by atoms with Crippen molar-refractivity contribution >= 4 is 45.4 Å². The van der Waals surface area contributed by atoms with Gasteiger partial charge in [-0.15, -0.1) is 0 Å². The lowest BCUT2D eigenvalue weighted by Gasteiger charge is -2.14. The minimum atomic E-state index is -0.525. The van der Waals surface area contributed by atoms with Gasteiger partial charge in [0.05, 0.1) is 23.5 Å². The molecule has 4 rings (SSSR count). The summed E-state index contributed by atoms with van der Waals surface area (Å²) in [7, 11) is 1.44. The molecule has 0 atom stereocenters. The average Bonchev–Trinajstić information content (AvgIpc) is 3.01. The molecule has 1 saturated heterocycles. The first kappa shape index (κ1) is 19.7. The lowest BCUT2D eigenvalue weighted by atomic mass is 10.0. The van der Waals surface area contributed by atoms with E-state index in [2.05, 4.69) is 0 Å². The zero-order valence-electron chi connectivity index (χ0n) is 15.9. The molecule has 1 fully saturated rings. The highest BCUT2D eigenvalue weighted by atomic mass is 32.2. The maximum absolute atomic E-state index is 12.9. The van der Waals surface area contributed by atoms with E-state index in [1.165, 1.54) is 36.3 Å². The molecule has 8 heteroatoms. The van der Waals surface area contributed by atoms with Crippen LogP contribution in [0.1, 0.15) is 11.1 Å². The quantitative estimate of drug-likeness (QED) is 0.328. The summed E-state index contributed by atoms with van der Waals surface area (Å²) in [6.45, 7) is 0.148. The van der Waals surface area contributed by atoms with Crippen molar-refractivity contribution in [1.82, 2.24) is 4.90 Å². The fourth-order valence-corrected chi connectivity index (χ4v) is 4.16. The third-order valence-corrected chi connectivity index (χ3v) is 5.70. The highest BCUT2D eigenvalue weighted by molar-refractivity contribution is 8.18. The Bertz CT molecular complexity index is 1220. The first-order valence-electron chi connectivity index (χ1n) is 9.02. The normalized spacial score (nSPS) is 15.2. The molecule has 0 unspecified atom stereocenters. The third-order valence-electron chi connectivity index (χ3n) is 4.79. The Kier molecular flexibility index (Phi) is 5.24. The molecular weight excluding hydrogens is 404 g/mol. The molecule has 0 saturated carbocycles. The first-order chi connectivity index (χ1) is 14.5. The Labute approximate surface area is 176 Å². The smallest absolute Gasteiger partial charge is 0.293 e. The second-order valence-corrected chi connectivity index (χ2v) is 7.58. The Morgan fingerprint density at radius 1 is 1.10 bits per heavy atom. The summed E-state index contributed by atoms with van der Waals surface area (Å²) in [6, 6.07) is 17.6. The van der Waals surface area contributed by atoms with Gasteiger partial charge in [0.15, 0.2) is 0 Å². The van der Waals surface area contributed by atoms with Gasteiger partial charge >= 0.3 is 0 Å². The first-order valence-corrected chi connectivity index (χ1v) is 9.84. The number of carbonyl (C=O) groups excluding carboxylic acids is 2. The van der Waals surface area contributed by atoms with Gasteiger partial charge in [-0.25, -0.2) is 0 Å². The number of ether oxygens (including phenoxy) is 1. The molecule has 3 aromatic carbocycles. The van der Waals surface area contributed by atoms with Crippen LogP contribution in [0.3, 0.4) is 0 Å². The summed E-state index contributed by atoms with van der Waals surface area (Å²) < 4.78 is 5.24. The molecule has 1 heterocycles. The largest absolute Gasteiger partial charge is 0.496 e. The second kappa shape index (κ2) is 8.00. The SMILES string of the molecule is COc1ccc([N+](=O)[O-])cc1/C=C1\SC(=O)N(Cc2cccc3ccccc23)C1=O. The number of nitro groups is 1. The highest BCUT2D eigenvalue weighted by Gasteiger charge is 2.35. The van der Waals surface area contributed by atoms with Crippen molar-refractivity contribution in [1.29, 1.82) is 0 Å². The molecule has 0 aromatic heterocycles. The van der Waals surface area contributed by atoms with E-state index in [1.54, 1.807) is 0 Å². The molecule has 3 aromatic rings. The summed E-state index contributed by atoms with van der Waals surface area (Å²) in [5.41, 5.74) is 1.10. The van der Waals surface area contributed by atoms with Crippen LogP contribution in [0.15, 0.2) is 65.6 Å². The highest BCUT2D eigenvalue weighted by Crippen LogP contribution is 2.36. The molecule has 30 heavy (non-hydrogen) atoms. The van der Waals surface area contributed by atoms with Gasteiger partial charge in [0.25, 0.3) is 16.8 Å². The molecule has 0 radical (unpaired) electrons. The van der Waals surface area contributed by atoms with Gasteiger partial charge in [-0.05, 0) is 40.2 Å². The van der Waals surface area contributed by atoms with E-state index >= 15 is 0 Å². The summed E-state index contributed by atoms with van der Waals surface area (Å²) in [4.78, 5) is 37.4. The van der Waals surface area contributed by atoms with Crippen LogP contribution in [0.25, 0.3) is 16.8 Å². The predicted octanol–water partition coefficient (Wildman–Crippen LogP) is 4.99. The van der Waals surface area contributed by atoms with Crippen molar-refractivity contribution in [3.63, 3.8) is 0 Å². The van der Waals surface area contributed by atoms with E-state index < -0.39 is 10.8 Å². The fraction of sp³-hybridized carbons (Fsp3) is 0.0909. The topological polar surface area (TPSA) is 89.8 Å². The van der Waals surface area contributed by atoms with Crippen molar-refractivity contribution < 1.29 is 19.2 Å². The second-order valence-electron chi connectivity index (χ2n) is 6.59. The zero-order chi connectivity index (χ0) is 21.3. The number of non-ortho nitro benzene ring substituents is 1. The van der Waals surface area contributed by atoms with Gasteiger partial charge in [0.2, 0.25) is 0 Å². The monoisotopic (exact) mass is 420 g/mol. The minimum absolute atomic E-state index is 0.128. The van der Waals surface area contributed by atoms with Crippen LogP contribution in [0.2, 0.25) is 0 Å². The molecular formula is C22H16N2O5S. The fourth-order valence-electron chi connectivity index (χ4n) is 3.33. The van der Waals surface area contributed by atoms with Gasteiger partial charge in [-0.3, -0.25) is 24.6 Å². The molecule has 1 aliphatic heterocycles. The maximum atomic E-state index is 12.9. The molecule has 0 bridgehead atoms. The van der Waals surface area contributed by atoms with Crippen molar-refractivity contribution in [2.24, 2.45) is 0 Å². The molecule has 7 nitrogen and oxygen atoms in total. The summed E-state index contributed by atoms with van der Waals surface area (Å²) in [6.07, 6.45) is 1.46. The standard InChI is InChI=1S/C22H16N2O5S/c1-29-19-10-9-17(24(27)28)11-16(19)12-20-21(25)23(22(26)30-20)13-15-7-4-6-14-5-2-3-8-18(14)15/h2-12H,13H2,1H3/b20-12-. The Balaban J connectivity index is 1.66. The van der Waals surface area contributed by atoms with Crippen LogP contribution in [0, 0.1) is 10.1 Å². The lowest BCUT2D eigenvalue weighted by molar-refractivity contribution is -0.384. The van der Waals surface area contributed by atoms with Crippen molar-refractivity contribution in [3.05, 3.63) is 86.8 Å². The third kappa shape index (κ3) is 3.65. The summed E-state index contributed by atoms with van der Waals surface area (Å²) in [5, 5.41) is 12.7. The van der Waals surface area contributed by atoms with E-state index in [1.807, 2.05) is 42.5 Å². The number of nitro benzene ring substituents is 1. The van der Waals surface area contributed by atoms with Crippen LogP contribution in [0.4, 0.5) is 10.5 Å². The lowest BCUT2D eigenvalue weighted by Crippen LogP contribution is -2.27. The van der Waals surface area contributed by atoms with Crippen LogP contribution < -0.4 is 4.74 Å². The van der Waals surface area contributed by atoms with Crippen LogP contribution >= 0.6 is 11.8 Å². The minimum Gasteiger partial charge on any atom is -0.496 e. The molecule has 2 amide bonds. The number of fused-ring (bicyclic) bond motifs is 1. The molecule has 1 aliphatic rings.